The summed E-state index contributed by atoms with van der Waals surface area (Å²) in [5.74, 6) is -2.53. The molecule has 10 heteroatoms. The summed E-state index contributed by atoms with van der Waals surface area (Å²) in [5, 5.41) is 0. The number of benzene rings is 2. The molecule has 0 aliphatic carbocycles. The molecule has 0 fully saturated rings. The number of ether oxygens (including phenoxy) is 3. The van der Waals surface area contributed by atoms with Gasteiger partial charge in [0.1, 0.15) is 6.54 Å². The lowest BCUT2D eigenvalue weighted by molar-refractivity contribution is -0.138. The molecule has 8 nitrogen and oxygen atoms in total. The van der Waals surface area contributed by atoms with Crippen LogP contribution in [0, 0.1) is 12.7 Å². The number of esters is 2. The Hall–Kier alpha value is -3.14. The highest BCUT2D eigenvalue weighted by Crippen LogP contribution is 2.30. The number of hydrogen-bond acceptors (Lipinski definition) is 7. The third-order valence-electron chi connectivity index (χ3n) is 4.19. The highest BCUT2D eigenvalue weighted by atomic mass is 32.2. The van der Waals surface area contributed by atoms with Gasteiger partial charge in [-0.3, -0.25) is 9.10 Å². The molecule has 29 heavy (non-hydrogen) atoms. The van der Waals surface area contributed by atoms with Gasteiger partial charge in [0, 0.05) is 0 Å². The first-order valence-corrected chi connectivity index (χ1v) is 9.72. The van der Waals surface area contributed by atoms with Crippen molar-refractivity contribution in [2.45, 2.75) is 11.8 Å². The van der Waals surface area contributed by atoms with Gasteiger partial charge in [0.15, 0.2) is 11.6 Å². The molecular formula is C19H20FNO7S. The number of rotatable bonds is 7. The summed E-state index contributed by atoms with van der Waals surface area (Å²) in [6.45, 7) is 0.827. The van der Waals surface area contributed by atoms with E-state index in [4.69, 9.17) is 9.47 Å². The summed E-state index contributed by atoms with van der Waals surface area (Å²) < 4.78 is 55.4. The molecule has 0 saturated heterocycles. The average Bonchev–Trinajstić information content (AvgIpc) is 2.71. The van der Waals surface area contributed by atoms with Gasteiger partial charge in [0.05, 0.1) is 37.5 Å². The van der Waals surface area contributed by atoms with Gasteiger partial charge in [-0.25, -0.2) is 17.6 Å². The van der Waals surface area contributed by atoms with Crippen molar-refractivity contribution in [3.05, 3.63) is 53.3 Å². The Morgan fingerprint density at radius 1 is 1.07 bits per heavy atom. The predicted octanol–water partition coefficient (Wildman–Crippen LogP) is 2.30. The highest BCUT2D eigenvalue weighted by Gasteiger charge is 2.30. The van der Waals surface area contributed by atoms with Gasteiger partial charge in [0.2, 0.25) is 0 Å². The fourth-order valence-corrected chi connectivity index (χ4v) is 4.12. The van der Waals surface area contributed by atoms with Gasteiger partial charge in [-0.2, -0.15) is 0 Å². The van der Waals surface area contributed by atoms with Crippen LogP contribution >= 0.6 is 0 Å². The zero-order valence-corrected chi connectivity index (χ0v) is 17.1. The van der Waals surface area contributed by atoms with Gasteiger partial charge in [-0.15, -0.1) is 0 Å². The van der Waals surface area contributed by atoms with Crippen LogP contribution in [-0.4, -0.2) is 48.2 Å². The van der Waals surface area contributed by atoms with Crippen LogP contribution in [0.3, 0.4) is 0 Å². The lowest BCUT2D eigenvalue weighted by Gasteiger charge is -2.25. The molecule has 0 N–H and O–H groups in total. The fourth-order valence-electron chi connectivity index (χ4n) is 2.64. The minimum Gasteiger partial charge on any atom is -0.494 e. The summed E-state index contributed by atoms with van der Waals surface area (Å²) >= 11 is 0. The molecule has 0 heterocycles. The molecule has 0 amide bonds. The van der Waals surface area contributed by atoms with Crippen LogP contribution in [0.4, 0.5) is 10.1 Å². The van der Waals surface area contributed by atoms with Crippen LogP contribution in [0.5, 0.6) is 5.75 Å². The number of carbonyl (C=O) groups is 2. The van der Waals surface area contributed by atoms with E-state index in [1.165, 1.54) is 39.3 Å². The van der Waals surface area contributed by atoms with E-state index in [1.807, 2.05) is 0 Å². The largest absolute Gasteiger partial charge is 0.494 e. The van der Waals surface area contributed by atoms with Crippen molar-refractivity contribution in [3.63, 3.8) is 0 Å². The zero-order valence-electron chi connectivity index (χ0n) is 16.3. The number of anilines is 1. The normalized spacial score (nSPS) is 10.9. The van der Waals surface area contributed by atoms with E-state index in [-0.39, 0.29) is 22.6 Å². The predicted molar refractivity (Wildman–Crippen MR) is 102 cm³/mol. The molecule has 0 saturated carbocycles. The SMILES string of the molecule is COC(=O)CN(c1cccc(C(=O)OC)c1C)S(=O)(=O)c1ccc(OC)c(F)c1. The standard InChI is InChI=1S/C19H20FNO7S/c1-12-14(19(23)28-4)6-5-7-16(12)21(11-18(22)27-3)29(24,25)13-8-9-17(26-2)15(20)10-13/h5-10H,11H2,1-4H3. The quantitative estimate of drug-likeness (QED) is 0.628. The molecule has 0 bridgehead atoms. The van der Waals surface area contributed by atoms with Crippen molar-refractivity contribution in [1.29, 1.82) is 0 Å². The average molecular weight is 425 g/mol. The van der Waals surface area contributed by atoms with Crippen molar-refractivity contribution < 1.29 is 36.6 Å². The second kappa shape index (κ2) is 8.91. The number of carbonyl (C=O) groups excluding carboxylic acids is 2. The molecule has 2 rings (SSSR count). The maximum absolute atomic E-state index is 14.1. The number of hydrogen-bond donors (Lipinski definition) is 0. The molecule has 2 aromatic carbocycles. The smallest absolute Gasteiger partial charge is 0.338 e. The Morgan fingerprint density at radius 3 is 2.31 bits per heavy atom. The Kier molecular flexibility index (Phi) is 6.80. The van der Waals surface area contributed by atoms with E-state index in [1.54, 1.807) is 0 Å². The lowest BCUT2D eigenvalue weighted by atomic mass is 10.1. The Morgan fingerprint density at radius 2 is 1.76 bits per heavy atom. The third kappa shape index (κ3) is 4.48. The maximum atomic E-state index is 14.1. The van der Waals surface area contributed by atoms with Crippen molar-refractivity contribution >= 4 is 27.6 Å². The summed E-state index contributed by atoms with van der Waals surface area (Å²) in [4.78, 5) is 23.5. The minimum absolute atomic E-state index is 0.0505. The van der Waals surface area contributed by atoms with Crippen LogP contribution in [0.15, 0.2) is 41.3 Å². The molecule has 0 aromatic heterocycles. The number of halogens is 1. The Labute approximate surface area is 167 Å². The van der Waals surface area contributed by atoms with E-state index >= 15 is 0 Å². The van der Waals surface area contributed by atoms with Crippen LogP contribution in [0.1, 0.15) is 15.9 Å². The summed E-state index contributed by atoms with van der Waals surface area (Å²) in [6, 6.07) is 7.43. The minimum atomic E-state index is -4.39. The number of methoxy groups -OCH3 is 3. The molecular weight excluding hydrogens is 405 g/mol. The van der Waals surface area contributed by atoms with Gasteiger partial charge in [-0.1, -0.05) is 6.07 Å². The third-order valence-corrected chi connectivity index (χ3v) is 5.95. The number of sulfonamides is 1. The van der Waals surface area contributed by atoms with E-state index in [2.05, 4.69) is 4.74 Å². The van der Waals surface area contributed by atoms with Gasteiger partial charge in [-0.05, 0) is 42.8 Å². The van der Waals surface area contributed by atoms with Crippen LogP contribution < -0.4 is 9.04 Å². The van der Waals surface area contributed by atoms with Crippen LogP contribution in [0.2, 0.25) is 0 Å². The summed E-state index contributed by atoms with van der Waals surface area (Å²) in [7, 11) is -0.845. The highest BCUT2D eigenvalue weighted by molar-refractivity contribution is 7.92. The van der Waals surface area contributed by atoms with E-state index < -0.39 is 39.2 Å². The summed E-state index contributed by atoms with van der Waals surface area (Å²) in [6.07, 6.45) is 0. The van der Waals surface area contributed by atoms with Gasteiger partial charge in [0.25, 0.3) is 10.0 Å². The van der Waals surface area contributed by atoms with E-state index in [9.17, 15) is 22.4 Å². The number of nitrogens with zero attached hydrogens (tertiary/aromatic N) is 1. The second-order valence-electron chi connectivity index (χ2n) is 5.83. The molecule has 2 aromatic rings. The van der Waals surface area contributed by atoms with Crippen molar-refractivity contribution in [2.75, 3.05) is 32.2 Å². The van der Waals surface area contributed by atoms with Gasteiger partial charge >= 0.3 is 11.9 Å². The molecule has 0 aliphatic rings. The van der Waals surface area contributed by atoms with Crippen molar-refractivity contribution in [3.8, 4) is 5.75 Å². The second-order valence-corrected chi connectivity index (χ2v) is 7.69. The molecule has 0 spiro atoms. The molecule has 0 radical (unpaired) electrons. The monoisotopic (exact) mass is 425 g/mol. The zero-order chi connectivity index (χ0) is 21.8. The Bertz CT molecular complexity index is 1040. The first kappa shape index (κ1) is 22.2. The molecule has 0 aliphatic heterocycles. The van der Waals surface area contributed by atoms with Crippen LogP contribution in [0.25, 0.3) is 0 Å². The van der Waals surface area contributed by atoms with Crippen molar-refractivity contribution in [2.24, 2.45) is 0 Å². The van der Waals surface area contributed by atoms with E-state index in [0.29, 0.717) is 0 Å². The van der Waals surface area contributed by atoms with Crippen molar-refractivity contribution in [1.82, 2.24) is 0 Å². The molecule has 0 atom stereocenters. The first-order valence-electron chi connectivity index (χ1n) is 8.28. The topological polar surface area (TPSA) is 99.2 Å². The Balaban J connectivity index is 2.67. The fraction of sp³-hybridized carbons (Fsp3) is 0.263. The lowest BCUT2D eigenvalue weighted by Crippen LogP contribution is -2.37. The first-order chi connectivity index (χ1) is 13.7. The maximum Gasteiger partial charge on any atom is 0.338 e. The van der Waals surface area contributed by atoms with Crippen LogP contribution in [-0.2, 0) is 24.3 Å². The van der Waals surface area contributed by atoms with Gasteiger partial charge < -0.3 is 14.2 Å². The molecule has 0 unspecified atom stereocenters. The van der Waals surface area contributed by atoms with E-state index in [0.717, 1.165) is 29.6 Å². The molecule has 156 valence electrons. The summed E-state index contributed by atoms with van der Waals surface area (Å²) in [5.41, 5.74) is 0.436.